The van der Waals surface area contributed by atoms with Gasteiger partial charge >= 0.3 is 12.1 Å². The van der Waals surface area contributed by atoms with Gasteiger partial charge in [0.1, 0.15) is 22.2 Å². The predicted molar refractivity (Wildman–Crippen MR) is 120 cm³/mol. The third kappa shape index (κ3) is 4.38. The average molecular weight is 512 g/mol. The van der Waals surface area contributed by atoms with Crippen LogP contribution in [0.3, 0.4) is 0 Å². The van der Waals surface area contributed by atoms with Crippen molar-refractivity contribution in [1.29, 1.82) is 0 Å². The molecular formula is C22H18ClF4N5O3. The van der Waals surface area contributed by atoms with Crippen molar-refractivity contribution in [2.24, 2.45) is 0 Å². The van der Waals surface area contributed by atoms with Gasteiger partial charge in [-0.3, -0.25) is 4.79 Å². The minimum Gasteiger partial charge on any atom is -0.477 e. The van der Waals surface area contributed by atoms with Crippen LogP contribution in [0, 0.1) is 5.82 Å². The molecule has 184 valence electrons. The molecule has 0 unspecified atom stereocenters. The molecule has 0 spiro atoms. The predicted octanol–water partition coefficient (Wildman–Crippen LogP) is 3.96. The average Bonchev–Trinajstić information content (AvgIpc) is 3.64. The van der Waals surface area contributed by atoms with Crippen LogP contribution in [0.15, 0.2) is 29.2 Å². The molecule has 0 aromatic carbocycles. The minimum absolute atomic E-state index is 0.0101. The van der Waals surface area contributed by atoms with Crippen LogP contribution in [0.25, 0.3) is 11.0 Å². The van der Waals surface area contributed by atoms with E-state index in [0.717, 1.165) is 31.0 Å². The molecule has 1 aliphatic heterocycles. The highest BCUT2D eigenvalue weighted by Crippen LogP contribution is 2.37. The lowest BCUT2D eigenvalue weighted by molar-refractivity contribution is -0.137. The number of carbonyl (C=O) groups is 1. The molecule has 1 saturated heterocycles. The van der Waals surface area contributed by atoms with Gasteiger partial charge in [0, 0.05) is 38.4 Å². The van der Waals surface area contributed by atoms with Gasteiger partial charge in [-0.2, -0.15) is 13.2 Å². The van der Waals surface area contributed by atoms with Crippen LogP contribution >= 0.6 is 11.6 Å². The van der Waals surface area contributed by atoms with Crippen LogP contribution in [0.1, 0.15) is 34.8 Å². The molecule has 0 amide bonds. The van der Waals surface area contributed by atoms with Gasteiger partial charge in [0.05, 0.1) is 10.9 Å². The molecule has 8 nitrogen and oxygen atoms in total. The Bertz CT molecular complexity index is 1400. The Labute approximate surface area is 200 Å². The van der Waals surface area contributed by atoms with Crippen molar-refractivity contribution in [1.82, 2.24) is 14.5 Å². The van der Waals surface area contributed by atoms with Crippen LogP contribution in [-0.2, 0) is 6.18 Å². The van der Waals surface area contributed by atoms with Crippen molar-refractivity contribution < 1.29 is 27.5 Å². The second kappa shape index (κ2) is 8.36. The quantitative estimate of drug-likeness (QED) is 0.419. The van der Waals surface area contributed by atoms with Crippen molar-refractivity contribution in [3.8, 4) is 0 Å². The topological polar surface area (TPSA) is 91.6 Å². The first-order chi connectivity index (χ1) is 16.5. The fourth-order valence-corrected chi connectivity index (χ4v) is 4.40. The Morgan fingerprint density at radius 3 is 2.31 bits per heavy atom. The molecule has 4 heterocycles. The van der Waals surface area contributed by atoms with Crippen molar-refractivity contribution in [3.05, 3.63) is 56.7 Å². The maximum atomic E-state index is 15.1. The monoisotopic (exact) mass is 511 g/mol. The summed E-state index contributed by atoms with van der Waals surface area (Å²) in [6, 6.07) is 2.66. The van der Waals surface area contributed by atoms with E-state index in [0.29, 0.717) is 0 Å². The number of carboxylic acid groups (broad SMARTS) is 1. The standard InChI is InChI=1S/C22H18ClF4N5O3/c23-16-7-11(22(25,26)27)8-17(28-16)30-3-5-31(6-4-30)20-15(24)9-13-18(33)14(21(34)35)10-32(12-1-2-12)19(13)29-20/h7-10,12H,1-6H2,(H,34,35). The number of hydrogen-bond donors (Lipinski definition) is 1. The molecule has 2 aliphatic rings. The second-order valence-corrected chi connectivity index (χ2v) is 8.88. The SMILES string of the molecule is O=C(O)c1cn(C2CC2)c2nc(N3CCN(c4cc(C(F)(F)F)cc(Cl)n4)CC3)c(F)cc2c1=O. The summed E-state index contributed by atoms with van der Waals surface area (Å²) in [5.41, 5.74) is -1.96. The van der Waals surface area contributed by atoms with E-state index >= 15 is 4.39 Å². The number of fused-ring (bicyclic) bond motifs is 1. The van der Waals surface area contributed by atoms with E-state index in [-0.39, 0.29) is 60.0 Å². The number of nitrogens with zero attached hydrogens (tertiary/aromatic N) is 5. The fraction of sp³-hybridized carbons (Fsp3) is 0.364. The molecule has 1 aliphatic carbocycles. The Morgan fingerprint density at radius 1 is 1.06 bits per heavy atom. The number of alkyl halides is 3. The fourth-order valence-electron chi connectivity index (χ4n) is 4.20. The smallest absolute Gasteiger partial charge is 0.416 e. The second-order valence-electron chi connectivity index (χ2n) is 8.49. The third-order valence-corrected chi connectivity index (χ3v) is 6.31. The molecule has 1 N–H and O–H groups in total. The number of aromatic nitrogens is 3. The van der Waals surface area contributed by atoms with E-state index in [2.05, 4.69) is 9.97 Å². The van der Waals surface area contributed by atoms with E-state index in [1.807, 2.05) is 0 Å². The summed E-state index contributed by atoms with van der Waals surface area (Å²) in [7, 11) is 0. The number of carboxylic acids is 1. The number of pyridine rings is 3. The molecule has 13 heteroatoms. The van der Waals surface area contributed by atoms with Crippen LogP contribution in [-0.4, -0.2) is 51.8 Å². The van der Waals surface area contributed by atoms with E-state index in [1.54, 1.807) is 14.4 Å². The Balaban J connectivity index is 1.45. The summed E-state index contributed by atoms with van der Waals surface area (Å²) in [4.78, 5) is 35.7. The van der Waals surface area contributed by atoms with Gasteiger partial charge in [-0.25, -0.2) is 19.2 Å². The zero-order valence-electron chi connectivity index (χ0n) is 18.0. The summed E-state index contributed by atoms with van der Waals surface area (Å²) in [5, 5.41) is 8.97. The van der Waals surface area contributed by atoms with E-state index < -0.39 is 34.5 Å². The zero-order valence-corrected chi connectivity index (χ0v) is 18.8. The van der Waals surface area contributed by atoms with Crippen LogP contribution in [0.4, 0.5) is 29.2 Å². The van der Waals surface area contributed by atoms with Crippen LogP contribution in [0.5, 0.6) is 0 Å². The molecule has 5 rings (SSSR count). The number of rotatable bonds is 4. The summed E-state index contributed by atoms with van der Waals surface area (Å²) in [6.07, 6.45) is -1.74. The number of hydrogen-bond acceptors (Lipinski definition) is 6. The van der Waals surface area contributed by atoms with Gasteiger partial charge in [0.2, 0.25) is 5.43 Å². The van der Waals surface area contributed by atoms with Gasteiger partial charge in [0.25, 0.3) is 0 Å². The van der Waals surface area contributed by atoms with E-state index in [9.17, 15) is 27.9 Å². The molecule has 3 aromatic heterocycles. The third-order valence-electron chi connectivity index (χ3n) is 6.12. The van der Waals surface area contributed by atoms with Gasteiger partial charge in [-0.05, 0) is 31.0 Å². The highest BCUT2D eigenvalue weighted by atomic mass is 35.5. The molecule has 1 saturated carbocycles. The lowest BCUT2D eigenvalue weighted by atomic mass is 10.1. The van der Waals surface area contributed by atoms with Gasteiger partial charge in [-0.1, -0.05) is 11.6 Å². The van der Waals surface area contributed by atoms with E-state index in [4.69, 9.17) is 11.6 Å². The normalized spacial score (nSPS) is 16.7. The Morgan fingerprint density at radius 2 is 1.71 bits per heavy atom. The molecule has 0 atom stereocenters. The van der Waals surface area contributed by atoms with Crippen LogP contribution in [0.2, 0.25) is 5.15 Å². The first-order valence-electron chi connectivity index (χ1n) is 10.8. The Kier molecular flexibility index (Phi) is 5.58. The molecule has 3 aromatic rings. The van der Waals surface area contributed by atoms with E-state index in [1.165, 1.54) is 6.20 Å². The van der Waals surface area contributed by atoms with Crippen molar-refractivity contribution >= 4 is 40.2 Å². The summed E-state index contributed by atoms with van der Waals surface area (Å²) in [5.74, 6) is -2.12. The minimum atomic E-state index is -4.57. The van der Waals surface area contributed by atoms with Crippen molar-refractivity contribution in [2.45, 2.75) is 25.1 Å². The first kappa shape index (κ1) is 23.3. The molecule has 0 radical (unpaired) electrons. The highest BCUT2D eigenvalue weighted by molar-refractivity contribution is 6.29. The van der Waals surface area contributed by atoms with Crippen LogP contribution < -0.4 is 15.2 Å². The highest BCUT2D eigenvalue weighted by Gasteiger charge is 2.33. The Hall–Kier alpha value is -3.41. The van der Waals surface area contributed by atoms with Crippen molar-refractivity contribution in [2.75, 3.05) is 36.0 Å². The lowest BCUT2D eigenvalue weighted by Crippen LogP contribution is -2.47. The largest absolute Gasteiger partial charge is 0.477 e. The van der Waals surface area contributed by atoms with Gasteiger partial charge in [-0.15, -0.1) is 0 Å². The summed E-state index contributed by atoms with van der Waals surface area (Å²) >= 11 is 5.79. The van der Waals surface area contributed by atoms with Gasteiger partial charge < -0.3 is 19.5 Å². The summed E-state index contributed by atoms with van der Waals surface area (Å²) < 4.78 is 56.1. The first-order valence-corrected chi connectivity index (χ1v) is 11.1. The summed E-state index contributed by atoms with van der Waals surface area (Å²) in [6.45, 7) is 0.923. The lowest BCUT2D eigenvalue weighted by Gasteiger charge is -2.36. The van der Waals surface area contributed by atoms with Crippen molar-refractivity contribution in [3.63, 3.8) is 0 Å². The molecule has 2 fully saturated rings. The molecule has 35 heavy (non-hydrogen) atoms. The zero-order chi connectivity index (χ0) is 25.1. The van der Waals surface area contributed by atoms with Gasteiger partial charge in [0.15, 0.2) is 11.6 Å². The molecule has 0 bridgehead atoms. The number of anilines is 2. The maximum Gasteiger partial charge on any atom is 0.416 e. The number of piperazine rings is 1. The number of aromatic carboxylic acids is 1. The maximum absolute atomic E-state index is 15.1. The number of halogens is 5. The molecular weight excluding hydrogens is 494 g/mol.